The van der Waals surface area contributed by atoms with Gasteiger partial charge in [-0.2, -0.15) is 0 Å². The van der Waals surface area contributed by atoms with Crippen molar-refractivity contribution in [1.29, 1.82) is 0 Å². The Bertz CT molecular complexity index is 520. The topological polar surface area (TPSA) is 30.0 Å². The zero-order valence-corrected chi connectivity index (χ0v) is 11.2. The molecule has 18 heavy (non-hydrogen) atoms. The number of hydrogen-bond acceptors (Lipinski definition) is 2. The third-order valence-electron chi connectivity index (χ3n) is 2.83. The Hall–Kier alpha value is -1.96. The van der Waals surface area contributed by atoms with Gasteiger partial charge in [-0.25, -0.2) is 0 Å². The van der Waals surface area contributed by atoms with E-state index < -0.39 is 0 Å². The number of pyridine rings is 1. The number of ketones is 1. The highest BCUT2D eigenvalue weighted by Gasteiger charge is 2.11. The molecule has 1 heterocycles. The predicted octanol–water partition coefficient (Wildman–Crippen LogP) is 3.55. The van der Waals surface area contributed by atoms with Crippen LogP contribution in [0.15, 0.2) is 30.3 Å². The maximum atomic E-state index is 12.4. The SMILES string of the molecule is Cc1cc(C)cc(C(=O)c2cc(C)nc(C)c2)c1. The minimum absolute atomic E-state index is 0.0652. The van der Waals surface area contributed by atoms with Crippen molar-refractivity contribution in [3.05, 3.63) is 64.0 Å². The molecule has 0 aliphatic heterocycles. The average Bonchev–Trinajstić information content (AvgIpc) is 2.25. The van der Waals surface area contributed by atoms with Gasteiger partial charge in [0.1, 0.15) is 0 Å². The van der Waals surface area contributed by atoms with Gasteiger partial charge in [-0.15, -0.1) is 0 Å². The fraction of sp³-hybridized carbons (Fsp3) is 0.250. The van der Waals surface area contributed by atoms with Gasteiger partial charge in [-0.05, 0) is 52.0 Å². The Labute approximate surface area is 108 Å². The summed E-state index contributed by atoms with van der Waals surface area (Å²) in [4.78, 5) is 16.7. The molecule has 0 fully saturated rings. The van der Waals surface area contributed by atoms with Gasteiger partial charge < -0.3 is 0 Å². The monoisotopic (exact) mass is 239 g/mol. The molecule has 0 atom stereocenters. The van der Waals surface area contributed by atoms with Crippen molar-refractivity contribution in [2.75, 3.05) is 0 Å². The molecule has 2 aromatic rings. The van der Waals surface area contributed by atoms with Crippen molar-refractivity contribution in [2.24, 2.45) is 0 Å². The second-order valence-electron chi connectivity index (χ2n) is 4.84. The number of carbonyl (C=O) groups excluding carboxylic acids is 1. The summed E-state index contributed by atoms with van der Waals surface area (Å²) >= 11 is 0. The van der Waals surface area contributed by atoms with Crippen LogP contribution in [0.2, 0.25) is 0 Å². The standard InChI is InChI=1S/C16H17NO/c1-10-5-11(2)7-14(6-10)16(18)15-8-12(3)17-13(4)9-15/h5-9H,1-4H3. The first-order valence-corrected chi connectivity index (χ1v) is 6.04. The summed E-state index contributed by atoms with van der Waals surface area (Å²) in [6.45, 7) is 7.83. The molecule has 0 unspecified atom stereocenters. The van der Waals surface area contributed by atoms with E-state index in [0.717, 1.165) is 28.1 Å². The van der Waals surface area contributed by atoms with Crippen LogP contribution in [0, 0.1) is 27.7 Å². The van der Waals surface area contributed by atoms with Gasteiger partial charge >= 0.3 is 0 Å². The van der Waals surface area contributed by atoms with E-state index in [1.54, 1.807) is 0 Å². The molecular formula is C16H17NO. The second-order valence-corrected chi connectivity index (χ2v) is 4.84. The average molecular weight is 239 g/mol. The maximum Gasteiger partial charge on any atom is 0.193 e. The van der Waals surface area contributed by atoms with Crippen LogP contribution in [0.4, 0.5) is 0 Å². The van der Waals surface area contributed by atoms with Gasteiger partial charge in [0, 0.05) is 22.5 Å². The highest BCUT2D eigenvalue weighted by atomic mass is 16.1. The molecule has 0 radical (unpaired) electrons. The number of benzene rings is 1. The summed E-state index contributed by atoms with van der Waals surface area (Å²) in [5.74, 6) is 0.0652. The van der Waals surface area contributed by atoms with E-state index in [4.69, 9.17) is 0 Å². The third-order valence-corrected chi connectivity index (χ3v) is 2.83. The van der Waals surface area contributed by atoms with E-state index in [9.17, 15) is 4.79 Å². The van der Waals surface area contributed by atoms with Gasteiger partial charge in [0.25, 0.3) is 0 Å². The van der Waals surface area contributed by atoms with Crippen LogP contribution in [-0.4, -0.2) is 10.8 Å². The van der Waals surface area contributed by atoms with Crippen LogP contribution >= 0.6 is 0 Å². The lowest BCUT2D eigenvalue weighted by molar-refractivity contribution is 0.103. The summed E-state index contributed by atoms with van der Waals surface area (Å²) in [5, 5.41) is 0. The fourth-order valence-corrected chi connectivity index (χ4v) is 2.24. The maximum absolute atomic E-state index is 12.4. The van der Waals surface area contributed by atoms with E-state index in [1.165, 1.54) is 0 Å². The molecule has 0 saturated carbocycles. The Kier molecular flexibility index (Phi) is 3.28. The van der Waals surface area contributed by atoms with Gasteiger partial charge in [0.15, 0.2) is 5.78 Å². The molecule has 0 aliphatic rings. The van der Waals surface area contributed by atoms with Crippen LogP contribution in [0.5, 0.6) is 0 Å². The van der Waals surface area contributed by atoms with Crippen LogP contribution in [0.3, 0.4) is 0 Å². The number of aryl methyl sites for hydroxylation is 4. The molecule has 0 bridgehead atoms. The molecule has 2 rings (SSSR count). The molecule has 0 spiro atoms. The molecule has 2 heteroatoms. The minimum atomic E-state index is 0.0652. The lowest BCUT2D eigenvalue weighted by Gasteiger charge is -2.06. The highest BCUT2D eigenvalue weighted by molar-refractivity contribution is 6.09. The van der Waals surface area contributed by atoms with Crippen LogP contribution in [0.1, 0.15) is 38.4 Å². The lowest BCUT2D eigenvalue weighted by Crippen LogP contribution is -2.04. The van der Waals surface area contributed by atoms with Crippen molar-refractivity contribution in [3.8, 4) is 0 Å². The first-order valence-electron chi connectivity index (χ1n) is 6.04. The summed E-state index contributed by atoms with van der Waals surface area (Å²) in [6, 6.07) is 9.61. The normalized spacial score (nSPS) is 10.4. The quantitative estimate of drug-likeness (QED) is 0.750. The summed E-state index contributed by atoms with van der Waals surface area (Å²) in [7, 11) is 0. The summed E-state index contributed by atoms with van der Waals surface area (Å²) in [5.41, 5.74) is 5.44. The number of carbonyl (C=O) groups is 1. The third kappa shape index (κ3) is 2.65. The van der Waals surface area contributed by atoms with Crippen molar-refractivity contribution >= 4 is 5.78 Å². The fourth-order valence-electron chi connectivity index (χ4n) is 2.24. The number of aromatic nitrogens is 1. The Morgan fingerprint density at radius 3 is 1.72 bits per heavy atom. The zero-order chi connectivity index (χ0) is 13.3. The van der Waals surface area contributed by atoms with Crippen molar-refractivity contribution in [3.63, 3.8) is 0 Å². The van der Waals surface area contributed by atoms with Crippen molar-refractivity contribution < 1.29 is 4.79 Å². The lowest BCUT2D eigenvalue weighted by atomic mass is 9.99. The molecule has 0 saturated heterocycles. The van der Waals surface area contributed by atoms with E-state index in [-0.39, 0.29) is 5.78 Å². The van der Waals surface area contributed by atoms with Gasteiger partial charge in [0.2, 0.25) is 0 Å². The first kappa shape index (κ1) is 12.5. The molecule has 0 N–H and O–H groups in total. The number of nitrogens with zero attached hydrogens (tertiary/aromatic N) is 1. The molecule has 1 aromatic carbocycles. The molecule has 0 aliphatic carbocycles. The van der Waals surface area contributed by atoms with Crippen LogP contribution in [0.25, 0.3) is 0 Å². The molecular weight excluding hydrogens is 222 g/mol. The second kappa shape index (κ2) is 4.73. The highest BCUT2D eigenvalue weighted by Crippen LogP contribution is 2.15. The van der Waals surface area contributed by atoms with Crippen molar-refractivity contribution in [1.82, 2.24) is 4.98 Å². The summed E-state index contributed by atoms with van der Waals surface area (Å²) in [6.07, 6.45) is 0. The Morgan fingerprint density at radius 2 is 1.22 bits per heavy atom. The van der Waals surface area contributed by atoms with Gasteiger partial charge in [-0.3, -0.25) is 9.78 Å². The van der Waals surface area contributed by atoms with Gasteiger partial charge in [0.05, 0.1) is 0 Å². The van der Waals surface area contributed by atoms with Gasteiger partial charge in [-0.1, -0.05) is 17.2 Å². The molecule has 2 nitrogen and oxygen atoms in total. The first-order chi connectivity index (χ1) is 8.45. The van der Waals surface area contributed by atoms with E-state index in [1.807, 2.05) is 52.0 Å². The largest absolute Gasteiger partial charge is 0.289 e. The Balaban J connectivity index is 2.47. The van der Waals surface area contributed by atoms with Crippen LogP contribution < -0.4 is 0 Å². The zero-order valence-electron chi connectivity index (χ0n) is 11.2. The van der Waals surface area contributed by atoms with E-state index >= 15 is 0 Å². The minimum Gasteiger partial charge on any atom is -0.289 e. The summed E-state index contributed by atoms with van der Waals surface area (Å²) < 4.78 is 0. The molecule has 1 aromatic heterocycles. The number of hydrogen-bond donors (Lipinski definition) is 0. The molecule has 92 valence electrons. The number of rotatable bonds is 2. The van der Waals surface area contributed by atoms with E-state index in [0.29, 0.717) is 5.56 Å². The van der Waals surface area contributed by atoms with E-state index in [2.05, 4.69) is 11.1 Å². The smallest absolute Gasteiger partial charge is 0.193 e. The van der Waals surface area contributed by atoms with Crippen molar-refractivity contribution in [2.45, 2.75) is 27.7 Å². The molecule has 0 amide bonds. The van der Waals surface area contributed by atoms with Crippen LogP contribution in [-0.2, 0) is 0 Å². The Morgan fingerprint density at radius 1 is 0.778 bits per heavy atom. The predicted molar refractivity (Wildman–Crippen MR) is 73.1 cm³/mol.